The van der Waals surface area contributed by atoms with Gasteiger partial charge in [-0.25, -0.2) is 9.48 Å². The Bertz CT molecular complexity index is 929. The molecule has 118 valence electrons. The van der Waals surface area contributed by atoms with Crippen LogP contribution in [-0.2, 0) is 17.9 Å². The van der Waals surface area contributed by atoms with Crippen LogP contribution in [0.15, 0.2) is 47.4 Å². The Balaban J connectivity index is 1.67. The smallest absolute Gasteiger partial charge is 0.350 e. The highest BCUT2D eigenvalue weighted by molar-refractivity contribution is 6.31. The molecule has 0 aliphatic carbocycles. The predicted molar refractivity (Wildman–Crippen MR) is 87.5 cm³/mol. The zero-order valence-corrected chi connectivity index (χ0v) is 13.2. The van der Waals surface area contributed by atoms with E-state index >= 15 is 0 Å². The van der Waals surface area contributed by atoms with Crippen LogP contribution in [0.3, 0.4) is 0 Å². The van der Waals surface area contributed by atoms with Crippen molar-refractivity contribution >= 4 is 23.2 Å². The van der Waals surface area contributed by atoms with Gasteiger partial charge in [0.2, 0.25) is 5.91 Å². The second kappa shape index (κ2) is 6.26. The summed E-state index contributed by atoms with van der Waals surface area (Å²) in [6, 6.07) is 10.8. The van der Waals surface area contributed by atoms with E-state index in [1.165, 1.54) is 4.40 Å². The second-order valence-corrected chi connectivity index (χ2v) is 5.64. The number of amides is 1. The van der Waals surface area contributed by atoms with Gasteiger partial charge in [-0.1, -0.05) is 29.8 Å². The fraction of sp³-hybridized carbons (Fsp3) is 0.188. The maximum atomic E-state index is 12.1. The molecule has 3 aromatic rings. The molecule has 2 aromatic heterocycles. The summed E-state index contributed by atoms with van der Waals surface area (Å²) in [5.41, 5.74) is 2.05. The van der Waals surface area contributed by atoms with Gasteiger partial charge in [-0.05, 0) is 36.2 Å². The number of nitrogens with zero attached hydrogens (tertiary/aromatic N) is 3. The largest absolute Gasteiger partial charge is 0.350 e. The second-order valence-electron chi connectivity index (χ2n) is 5.23. The molecule has 2 heterocycles. The van der Waals surface area contributed by atoms with E-state index in [0.717, 1.165) is 15.8 Å². The topological polar surface area (TPSA) is 68.4 Å². The monoisotopic (exact) mass is 330 g/mol. The molecule has 1 amide bonds. The molecule has 7 heteroatoms. The van der Waals surface area contributed by atoms with E-state index in [-0.39, 0.29) is 18.1 Å². The number of carbonyl (C=O) groups excluding carboxylic acids is 1. The molecule has 0 saturated carbocycles. The Morgan fingerprint density at radius 2 is 2.13 bits per heavy atom. The summed E-state index contributed by atoms with van der Waals surface area (Å²) in [4.78, 5) is 24.1. The van der Waals surface area contributed by atoms with Crippen molar-refractivity contribution in [3.05, 3.63) is 69.2 Å². The molecule has 0 aliphatic rings. The highest BCUT2D eigenvalue weighted by atomic mass is 35.5. The number of pyridine rings is 1. The highest BCUT2D eigenvalue weighted by Gasteiger charge is 2.10. The molecule has 0 unspecified atom stereocenters. The van der Waals surface area contributed by atoms with Crippen LogP contribution in [-0.4, -0.2) is 20.1 Å². The fourth-order valence-corrected chi connectivity index (χ4v) is 2.41. The number of aromatic nitrogens is 3. The summed E-state index contributed by atoms with van der Waals surface area (Å²) >= 11 is 6.05. The van der Waals surface area contributed by atoms with Gasteiger partial charge in [0.05, 0.1) is 0 Å². The Morgan fingerprint density at radius 1 is 1.30 bits per heavy atom. The van der Waals surface area contributed by atoms with Gasteiger partial charge in [-0.2, -0.15) is 0 Å². The molecule has 3 rings (SSSR count). The van der Waals surface area contributed by atoms with Crippen molar-refractivity contribution in [1.82, 2.24) is 19.5 Å². The molecule has 1 N–H and O–H groups in total. The van der Waals surface area contributed by atoms with E-state index in [0.29, 0.717) is 17.2 Å². The van der Waals surface area contributed by atoms with Crippen LogP contribution in [0, 0.1) is 6.92 Å². The Kier molecular flexibility index (Phi) is 4.16. The van der Waals surface area contributed by atoms with E-state index in [4.69, 9.17) is 11.6 Å². The zero-order valence-electron chi connectivity index (χ0n) is 12.5. The van der Waals surface area contributed by atoms with Gasteiger partial charge < -0.3 is 5.32 Å². The lowest BCUT2D eigenvalue weighted by atomic mass is 10.1. The van der Waals surface area contributed by atoms with Crippen LogP contribution in [0.1, 0.15) is 11.1 Å². The Labute approximate surface area is 137 Å². The minimum Gasteiger partial charge on any atom is -0.350 e. The van der Waals surface area contributed by atoms with Crippen LogP contribution in [0.5, 0.6) is 0 Å². The number of fused-ring (bicyclic) bond motifs is 1. The summed E-state index contributed by atoms with van der Waals surface area (Å²) < 4.78 is 2.54. The number of hydrogen-bond donors (Lipinski definition) is 1. The van der Waals surface area contributed by atoms with Crippen molar-refractivity contribution in [2.75, 3.05) is 0 Å². The minimum atomic E-state index is -0.339. The first-order valence-electron chi connectivity index (χ1n) is 7.10. The SMILES string of the molecule is Cc1ccc(CNC(=O)Cn2nc3ccccn3c2=O)cc1Cl. The van der Waals surface area contributed by atoms with Crippen molar-refractivity contribution in [2.24, 2.45) is 0 Å². The molecule has 0 radical (unpaired) electrons. The number of hydrogen-bond acceptors (Lipinski definition) is 3. The van der Waals surface area contributed by atoms with Crippen molar-refractivity contribution in [2.45, 2.75) is 20.0 Å². The first-order chi connectivity index (χ1) is 11.0. The average molecular weight is 331 g/mol. The molecule has 0 fully saturated rings. The van der Waals surface area contributed by atoms with Crippen molar-refractivity contribution < 1.29 is 4.79 Å². The predicted octanol–water partition coefficient (Wildman–Crippen LogP) is 1.77. The number of benzene rings is 1. The zero-order chi connectivity index (χ0) is 16.4. The molecule has 0 aliphatic heterocycles. The number of rotatable bonds is 4. The van der Waals surface area contributed by atoms with Crippen molar-refractivity contribution in [3.63, 3.8) is 0 Å². The molecule has 0 spiro atoms. The number of carbonyl (C=O) groups is 1. The number of aryl methyl sites for hydroxylation is 1. The number of nitrogens with one attached hydrogen (secondary N) is 1. The third-order valence-electron chi connectivity index (χ3n) is 3.51. The van der Waals surface area contributed by atoms with Gasteiger partial charge in [-0.3, -0.25) is 9.20 Å². The van der Waals surface area contributed by atoms with Crippen LogP contribution >= 0.6 is 11.6 Å². The third kappa shape index (κ3) is 3.27. The summed E-state index contributed by atoms with van der Waals surface area (Å²) in [6.07, 6.45) is 1.62. The molecule has 0 saturated heterocycles. The standard InChI is InChI=1S/C16H15ClN4O2/c1-11-5-6-12(8-13(11)17)9-18-15(22)10-21-16(23)20-7-3-2-4-14(20)19-21/h2-8H,9-10H2,1H3,(H,18,22). The van der Waals surface area contributed by atoms with Crippen molar-refractivity contribution in [1.29, 1.82) is 0 Å². The van der Waals surface area contributed by atoms with E-state index in [2.05, 4.69) is 10.4 Å². The normalized spacial score (nSPS) is 10.9. The molecule has 0 atom stereocenters. The van der Waals surface area contributed by atoms with E-state index < -0.39 is 0 Å². The van der Waals surface area contributed by atoms with E-state index in [9.17, 15) is 9.59 Å². The van der Waals surface area contributed by atoms with Crippen LogP contribution in [0.2, 0.25) is 5.02 Å². The van der Waals surface area contributed by atoms with Crippen LogP contribution in [0.4, 0.5) is 0 Å². The Morgan fingerprint density at radius 3 is 2.87 bits per heavy atom. The van der Waals surface area contributed by atoms with Crippen LogP contribution in [0.25, 0.3) is 5.65 Å². The number of halogens is 1. The quantitative estimate of drug-likeness (QED) is 0.792. The maximum Gasteiger partial charge on any atom is 0.350 e. The average Bonchev–Trinajstić information content (AvgIpc) is 2.85. The first-order valence-corrected chi connectivity index (χ1v) is 7.48. The first kappa shape index (κ1) is 15.3. The summed E-state index contributed by atoms with van der Waals surface area (Å²) in [6.45, 7) is 2.14. The highest BCUT2D eigenvalue weighted by Crippen LogP contribution is 2.16. The van der Waals surface area contributed by atoms with E-state index in [1.54, 1.807) is 24.4 Å². The van der Waals surface area contributed by atoms with Crippen LogP contribution < -0.4 is 11.0 Å². The van der Waals surface area contributed by atoms with Gasteiger partial charge >= 0.3 is 5.69 Å². The van der Waals surface area contributed by atoms with Gasteiger partial charge in [0.25, 0.3) is 0 Å². The summed E-state index contributed by atoms with van der Waals surface area (Å²) in [7, 11) is 0. The molecule has 6 nitrogen and oxygen atoms in total. The van der Waals surface area contributed by atoms with Crippen molar-refractivity contribution in [3.8, 4) is 0 Å². The van der Waals surface area contributed by atoms with E-state index in [1.807, 2.05) is 25.1 Å². The molecule has 0 bridgehead atoms. The lowest BCUT2D eigenvalue weighted by Crippen LogP contribution is -2.32. The summed E-state index contributed by atoms with van der Waals surface area (Å²) in [5, 5.41) is 7.54. The van der Waals surface area contributed by atoms with Gasteiger partial charge in [0, 0.05) is 17.8 Å². The summed E-state index contributed by atoms with van der Waals surface area (Å²) in [5.74, 6) is -0.285. The minimum absolute atomic E-state index is 0.125. The van der Waals surface area contributed by atoms with Gasteiger partial charge in [-0.15, -0.1) is 5.10 Å². The Hall–Kier alpha value is -2.60. The lowest BCUT2D eigenvalue weighted by Gasteiger charge is -2.06. The maximum absolute atomic E-state index is 12.1. The molecule has 23 heavy (non-hydrogen) atoms. The third-order valence-corrected chi connectivity index (χ3v) is 3.91. The fourth-order valence-electron chi connectivity index (χ4n) is 2.21. The molecular weight excluding hydrogens is 316 g/mol. The lowest BCUT2D eigenvalue weighted by molar-refractivity contribution is -0.122. The molecular formula is C16H15ClN4O2. The van der Waals surface area contributed by atoms with Gasteiger partial charge in [0.1, 0.15) is 6.54 Å². The van der Waals surface area contributed by atoms with Gasteiger partial charge in [0.15, 0.2) is 5.65 Å². The molecule has 1 aromatic carbocycles.